The minimum atomic E-state index is -0.415. The molecule has 2 aromatic heterocycles. The second kappa shape index (κ2) is 6.22. The van der Waals surface area contributed by atoms with Crippen molar-refractivity contribution in [3.05, 3.63) is 84.0 Å². The number of amides is 2. The maximum atomic E-state index is 13.0. The lowest BCUT2D eigenvalue weighted by Gasteiger charge is -2.10. The zero-order chi connectivity index (χ0) is 20.2. The number of nitrogens with one attached hydrogen (secondary N) is 2. The van der Waals surface area contributed by atoms with Crippen LogP contribution in [0.3, 0.4) is 0 Å². The Morgan fingerprint density at radius 3 is 2.67 bits per heavy atom. The summed E-state index contributed by atoms with van der Waals surface area (Å²) in [6.07, 6.45) is 8.15. The van der Waals surface area contributed by atoms with Gasteiger partial charge in [-0.15, -0.1) is 0 Å². The number of hydrogen-bond acceptors (Lipinski definition) is 3. The summed E-state index contributed by atoms with van der Waals surface area (Å²) in [5, 5.41) is 4.29. The van der Waals surface area contributed by atoms with Gasteiger partial charge in [0.05, 0.1) is 22.9 Å². The predicted octanol–water partition coefficient (Wildman–Crippen LogP) is 3.96. The van der Waals surface area contributed by atoms with Crippen molar-refractivity contribution in [2.45, 2.75) is 13.0 Å². The highest BCUT2D eigenvalue weighted by Gasteiger charge is 2.34. The lowest BCUT2D eigenvalue weighted by Crippen LogP contribution is -2.22. The zero-order valence-corrected chi connectivity index (χ0v) is 15.9. The Morgan fingerprint density at radius 1 is 0.933 bits per heavy atom. The van der Waals surface area contributed by atoms with E-state index in [1.807, 2.05) is 48.8 Å². The monoisotopic (exact) mass is 395 g/mol. The standard InChI is InChI=1S/C24H17N3O3/c28-23-19(17-6-2-4-15-8-12-30-22(15)17)20(24(29)26-23)18-13-25-9-11-27-10-7-14-3-1-5-16(18)21(14)27/h1-6,8-9,11-13,25H,7,10H2,(H,26,28,29). The first-order valence-corrected chi connectivity index (χ1v) is 9.81. The molecule has 2 aromatic carbocycles. The highest BCUT2D eigenvalue weighted by Crippen LogP contribution is 2.38. The summed E-state index contributed by atoms with van der Waals surface area (Å²) in [5.41, 5.74) is 4.88. The molecule has 0 atom stereocenters. The number of aryl methyl sites for hydroxylation is 2. The van der Waals surface area contributed by atoms with E-state index in [9.17, 15) is 9.59 Å². The van der Waals surface area contributed by atoms with E-state index in [-0.39, 0.29) is 0 Å². The van der Waals surface area contributed by atoms with Crippen molar-refractivity contribution < 1.29 is 14.0 Å². The number of para-hydroxylation sites is 2. The van der Waals surface area contributed by atoms with Gasteiger partial charge < -0.3 is 14.0 Å². The number of nitrogens with zero attached hydrogens (tertiary/aromatic N) is 1. The molecule has 2 amide bonds. The summed E-state index contributed by atoms with van der Waals surface area (Å²) in [6.45, 7) is 0.876. The van der Waals surface area contributed by atoms with Crippen LogP contribution in [0.15, 0.2) is 71.7 Å². The Balaban J connectivity index is 1.76. The van der Waals surface area contributed by atoms with Gasteiger partial charge in [-0.25, -0.2) is 0 Å². The number of aromatic amines is 1. The van der Waals surface area contributed by atoms with Crippen LogP contribution >= 0.6 is 0 Å². The third-order valence-electron chi connectivity index (χ3n) is 5.85. The topological polar surface area (TPSA) is 80.0 Å². The maximum absolute atomic E-state index is 13.0. The van der Waals surface area contributed by atoms with E-state index < -0.39 is 11.8 Å². The van der Waals surface area contributed by atoms with E-state index in [2.05, 4.69) is 20.9 Å². The van der Waals surface area contributed by atoms with Crippen molar-refractivity contribution in [2.24, 2.45) is 0 Å². The van der Waals surface area contributed by atoms with Crippen LogP contribution in [-0.4, -0.2) is 21.4 Å². The number of carbonyl (C=O) groups excluding carboxylic acids is 2. The number of hydrogen-bond donors (Lipinski definition) is 2. The summed E-state index contributed by atoms with van der Waals surface area (Å²) in [5.74, 6) is -0.819. The van der Waals surface area contributed by atoms with Crippen LogP contribution in [0.2, 0.25) is 0 Å². The molecule has 2 N–H and O–H groups in total. The van der Waals surface area contributed by atoms with E-state index in [1.54, 1.807) is 12.5 Å². The van der Waals surface area contributed by atoms with Crippen LogP contribution in [0.5, 0.6) is 0 Å². The molecule has 30 heavy (non-hydrogen) atoms. The number of aromatic nitrogens is 2. The molecule has 2 aliphatic heterocycles. The van der Waals surface area contributed by atoms with E-state index in [4.69, 9.17) is 4.42 Å². The van der Waals surface area contributed by atoms with Crippen molar-refractivity contribution in [1.82, 2.24) is 14.9 Å². The molecule has 0 radical (unpaired) electrons. The fourth-order valence-electron chi connectivity index (χ4n) is 4.56. The normalized spacial score (nSPS) is 15.3. The van der Waals surface area contributed by atoms with Gasteiger partial charge in [-0.05, 0) is 18.1 Å². The average Bonchev–Trinajstić information content (AvgIpc) is 3.44. The Labute approximate surface area is 171 Å². The number of carbonyl (C=O) groups is 2. The molecule has 0 unspecified atom stereocenters. The minimum Gasteiger partial charge on any atom is -0.464 e. The van der Waals surface area contributed by atoms with Gasteiger partial charge in [0.1, 0.15) is 5.58 Å². The van der Waals surface area contributed by atoms with E-state index in [0.717, 1.165) is 29.3 Å². The van der Waals surface area contributed by atoms with E-state index in [0.29, 0.717) is 27.9 Å². The molecule has 0 saturated carbocycles. The molecule has 6 nitrogen and oxygen atoms in total. The van der Waals surface area contributed by atoms with Gasteiger partial charge >= 0.3 is 0 Å². The number of imide groups is 1. The molecule has 0 bridgehead atoms. The molecule has 0 aliphatic carbocycles. The second-order valence-corrected chi connectivity index (χ2v) is 7.47. The van der Waals surface area contributed by atoms with Crippen LogP contribution in [-0.2, 0) is 22.6 Å². The summed E-state index contributed by atoms with van der Waals surface area (Å²) < 4.78 is 7.83. The smallest absolute Gasteiger partial charge is 0.259 e. The molecule has 2 aliphatic rings. The van der Waals surface area contributed by atoms with Crippen LogP contribution in [0, 0.1) is 0 Å². The first kappa shape index (κ1) is 16.9. The fraction of sp³-hybridized carbons (Fsp3) is 0.0833. The quantitative estimate of drug-likeness (QED) is 0.504. The summed E-state index contributed by atoms with van der Waals surface area (Å²) >= 11 is 0. The van der Waals surface area contributed by atoms with Gasteiger partial charge in [-0.3, -0.25) is 14.9 Å². The third-order valence-corrected chi connectivity index (χ3v) is 5.85. The fourth-order valence-corrected chi connectivity index (χ4v) is 4.56. The number of rotatable bonds is 2. The number of H-pyrrole nitrogens is 1. The maximum Gasteiger partial charge on any atom is 0.259 e. The van der Waals surface area contributed by atoms with Crippen molar-refractivity contribution in [2.75, 3.05) is 0 Å². The molecule has 0 saturated heterocycles. The zero-order valence-electron chi connectivity index (χ0n) is 15.9. The van der Waals surface area contributed by atoms with Crippen molar-refractivity contribution in [3.8, 4) is 0 Å². The first-order chi connectivity index (χ1) is 14.7. The van der Waals surface area contributed by atoms with Gasteiger partial charge in [-0.1, -0.05) is 36.4 Å². The molecule has 6 heteroatoms. The van der Waals surface area contributed by atoms with Crippen molar-refractivity contribution in [3.63, 3.8) is 0 Å². The Hall–Kier alpha value is -4.06. The lowest BCUT2D eigenvalue weighted by molar-refractivity contribution is -0.122. The minimum absolute atomic E-state index is 0.334. The number of furan rings is 1. The summed E-state index contributed by atoms with van der Waals surface area (Å²) in [7, 11) is 0. The van der Waals surface area contributed by atoms with Crippen LogP contribution in [0.1, 0.15) is 16.7 Å². The molecule has 0 spiro atoms. The SMILES string of the molecule is O=C1NC(=O)C(c2cccc3ccoc23)=C1c1c[nH]ccn2c3c(cccc13)CC2. The highest BCUT2D eigenvalue weighted by atomic mass is 16.3. The average molecular weight is 395 g/mol. The van der Waals surface area contributed by atoms with Crippen molar-refractivity contribution >= 4 is 44.8 Å². The molecular weight excluding hydrogens is 378 g/mol. The van der Waals surface area contributed by atoms with E-state index >= 15 is 0 Å². The van der Waals surface area contributed by atoms with Crippen molar-refractivity contribution in [1.29, 1.82) is 0 Å². The Kier molecular flexibility index (Phi) is 3.49. The first-order valence-electron chi connectivity index (χ1n) is 9.81. The Morgan fingerprint density at radius 2 is 1.77 bits per heavy atom. The van der Waals surface area contributed by atoms with Gasteiger partial charge in [0.25, 0.3) is 11.8 Å². The number of benzene rings is 2. The summed E-state index contributed by atoms with van der Waals surface area (Å²) in [6, 6.07) is 13.5. The molecule has 6 rings (SSSR count). The van der Waals surface area contributed by atoms with E-state index in [1.165, 1.54) is 5.56 Å². The third kappa shape index (κ3) is 2.30. The summed E-state index contributed by atoms with van der Waals surface area (Å²) in [4.78, 5) is 29.1. The van der Waals surface area contributed by atoms with Gasteiger partial charge in [-0.2, -0.15) is 0 Å². The molecule has 146 valence electrons. The second-order valence-electron chi connectivity index (χ2n) is 7.47. The Bertz CT molecular complexity index is 1460. The highest BCUT2D eigenvalue weighted by molar-refractivity contribution is 6.50. The molecular formula is C24H17N3O3. The molecule has 0 fully saturated rings. The predicted molar refractivity (Wildman–Crippen MR) is 114 cm³/mol. The molecule has 4 aromatic rings. The van der Waals surface area contributed by atoms with Crippen LogP contribution < -0.4 is 5.32 Å². The lowest BCUT2D eigenvalue weighted by atomic mass is 9.94. The molecule has 4 heterocycles. The largest absolute Gasteiger partial charge is 0.464 e. The van der Waals surface area contributed by atoms with Crippen LogP contribution in [0.4, 0.5) is 0 Å². The van der Waals surface area contributed by atoms with Gasteiger partial charge in [0.15, 0.2) is 0 Å². The van der Waals surface area contributed by atoms with Gasteiger partial charge in [0, 0.05) is 47.0 Å². The van der Waals surface area contributed by atoms with Crippen LogP contribution in [0.25, 0.3) is 33.0 Å². The van der Waals surface area contributed by atoms with Gasteiger partial charge in [0.2, 0.25) is 0 Å². The number of fused-ring (bicyclic) bond motifs is 1.